The molecule has 0 saturated carbocycles. The van der Waals surface area contributed by atoms with E-state index in [0.717, 1.165) is 0 Å². The summed E-state index contributed by atoms with van der Waals surface area (Å²) in [7, 11) is 0. The molecule has 0 aliphatic rings. The summed E-state index contributed by atoms with van der Waals surface area (Å²) in [5, 5.41) is 1.77. The van der Waals surface area contributed by atoms with E-state index in [1.54, 1.807) is 23.6 Å². The van der Waals surface area contributed by atoms with E-state index in [1.165, 1.54) is 23.7 Å². The normalized spacial score (nSPS) is 10.2. The molecule has 4 nitrogen and oxygen atoms in total. The molecular weight excluding hydrogens is 252 g/mol. The molecule has 0 aliphatic carbocycles. The molecule has 5 heteroatoms. The predicted molar refractivity (Wildman–Crippen MR) is 65.9 cm³/mol. The lowest BCUT2D eigenvalue weighted by Gasteiger charge is -1.97. The van der Waals surface area contributed by atoms with Gasteiger partial charge in [0.05, 0.1) is 24.0 Å². The van der Waals surface area contributed by atoms with Crippen LogP contribution in [0, 0.1) is 0 Å². The SMILES string of the molecule is O=C(CC(=O)c1ccco1)CC(=O)c1cccs1. The van der Waals surface area contributed by atoms with Gasteiger partial charge in [-0.1, -0.05) is 6.07 Å². The van der Waals surface area contributed by atoms with Crippen LogP contribution in [0.1, 0.15) is 33.1 Å². The minimum atomic E-state index is -0.399. The topological polar surface area (TPSA) is 64.3 Å². The second kappa shape index (κ2) is 5.55. The molecule has 2 rings (SSSR count). The van der Waals surface area contributed by atoms with Crippen LogP contribution in [-0.2, 0) is 4.79 Å². The highest BCUT2D eigenvalue weighted by molar-refractivity contribution is 7.12. The van der Waals surface area contributed by atoms with Crippen LogP contribution < -0.4 is 0 Å². The predicted octanol–water partition coefficient (Wildman–Crippen LogP) is 2.76. The van der Waals surface area contributed by atoms with Crippen LogP contribution in [0.15, 0.2) is 40.3 Å². The van der Waals surface area contributed by atoms with Gasteiger partial charge >= 0.3 is 0 Å². The minimum Gasteiger partial charge on any atom is -0.461 e. The first-order chi connectivity index (χ1) is 8.66. The quantitative estimate of drug-likeness (QED) is 0.593. The Morgan fingerprint density at radius 1 is 1.06 bits per heavy atom. The molecule has 18 heavy (non-hydrogen) atoms. The molecule has 2 aromatic rings. The van der Waals surface area contributed by atoms with Crippen molar-refractivity contribution in [2.45, 2.75) is 12.8 Å². The molecule has 0 N–H and O–H groups in total. The van der Waals surface area contributed by atoms with Crippen LogP contribution in [0.5, 0.6) is 0 Å². The van der Waals surface area contributed by atoms with E-state index in [2.05, 4.69) is 0 Å². The molecule has 0 fully saturated rings. The van der Waals surface area contributed by atoms with Crippen LogP contribution in [-0.4, -0.2) is 17.3 Å². The molecule has 0 bridgehead atoms. The summed E-state index contributed by atoms with van der Waals surface area (Å²) >= 11 is 1.28. The van der Waals surface area contributed by atoms with E-state index in [1.807, 2.05) is 0 Å². The Balaban J connectivity index is 1.90. The Morgan fingerprint density at radius 3 is 2.44 bits per heavy atom. The van der Waals surface area contributed by atoms with Crippen molar-refractivity contribution in [3.8, 4) is 0 Å². The number of carbonyl (C=O) groups is 3. The number of ketones is 3. The molecule has 0 aliphatic heterocycles. The Hall–Kier alpha value is -2.01. The zero-order chi connectivity index (χ0) is 13.0. The van der Waals surface area contributed by atoms with Crippen LogP contribution >= 0.6 is 11.3 Å². The number of hydrogen-bond acceptors (Lipinski definition) is 5. The van der Waals surface area contributed by atoms with Crippen LogP contribution in [0.25, 0.3) is 0 Å². The van der Waals surface area contributed by atoms with Gasteiger partial charge in [-0.05, 0) is 23.6 Å². The Kier molecular flexibility index (Phi) is 3.84. The van der Waals surface area contributed by atoms with Crippen LogP contribution in [0.2, 0.25) is 0 Å². The third kappa shape index (κ3) is 3.01. The fraction of sp³-hybridized carbons (Fsp3) is 0.154. The van der Waals surface area contributed by atoms with E-state index in [-0.39, 0.29) is 24.4 Å². The summed E-state index contributed by atoms with van der Waals surface area (Å²) in [6, 6.07) is 6.48. The number of rotatable bonds is 6. The molecule has 0 atom stereocenters. The molecular formula is C13H10O4S. The average molecular weight is 262 g/mol. The first-order valence-corrected chi connectivity index (χ1v) is 6.20. The molecule has 0 saturated heterocycles. The fourth-order valence-electron chi connectivity index (χ4n) is 1.47. The van der Waals surface area contributed by atoms with Crippen molar-refractivity contribution in [2.75, 3.05) is 0 Å². The summed E-state index contributed by atoms with van der Waals surface area (Å²) in [6.45, 7) is 0. The standard InChI is InChI=1S/C13H10O4S/c14-9(7-10(15)12-3-1-5-17-12)8-11(16)13-4-2-6-18-13/h1-6H,7-8H2. The van der Waals surface area contributed by atoms with Gasteiger partial charge in [-0.3, -0.25) is 14.4 Å². The number of furan rings is 1. The minimum absolute atomic E-state index is 0.145. The second-order valence-corrected chi connectivity index (χ2v) is 4.64. The molecule has 0 spiro atoms. The zero-order valence-electron chi connectivity index (χ0n) is 9.42. The van der Waals surface area contributed by atoms with Gasteiger partial charge in [0, 0.05) is 0 Å². The van der Waals surface area contributed by atoms with Gasteiger partial charge in [0.25, 0.3) is 0 Å². The van der Waals surface area contributed by atoms with Gasteiger partial charge in [-0.25, -0.2) is 0 Å². The third-order valence-electron chi connectivity index (χ3n) is 2.31. The Morgan fingerprint density at radius 2 is 1.83 bits per heavy atom. The number of thiophene rings is 1. The van der Waals surface area contributed by atoms with Crippen molar-refractivity contribution in [3.05, 3.63) is 46.5 Å². The smallest absolute Gasteiger partial charge is 0.205 e. The van der Waals surface area contributed by atoms with Crippen molar-refractivity contribution in [1.29, 1.82) is 0 Å². The molecule has 0 unspecified atom stereocenters. The maximum absolute atomic E-state index is 11.6. The lowest BCUT2D eigenvalue weighted by Crippen LogP contribution is -2.12. The highest BCUT2D eigenvalue weighted by Crippen LogP contribution is 2.13. The summed E-state index contributed by atoms with van der Waals surface area (Å²) in [5.41, 5.74) is 0. The highest BCUT2D eigenvalue weighted by atomic mass is 32.1. The van der Waals surface area contributed by atoms with E-state index >= 15 is 0 Å². The van der Waals surface area contributed by atoms with Crippen molar-refractivity contribution in [3.63, 3.8) is 0 Å². The third-order valence-corrected chi connectivity index (χ3v) is 3.22. The van der Waals surface area contributed by atoms with E-state index in [4.69, 9.17) is 4.42 Å². The molecule has 0 amide bonds. The molecule has 2 heterocycles. The lowest BCUT2D eigenvalue weighted by atomic mass is 10.1. The monoisotopic (exact) mass is 262 g/mol. The number of Topliss-reactive ketones (excluding diaryl/α,β-unsaturated/α-hetero) is 3. The van der Waals surface area contributed by atoms with E-state index in [0.29, 0.717) is 4.88 Å². The molecule has 0 radical (unpaired) electrons. The van der Waals surface area contributed by atoms with Crippen molar-refractivity contribution >= 4 is 28.7 Å². The molecule has 2 aromatic heterocycles. The number of hydrogen-bond donors (Lipinski definition) is 0. The number of carbonyl (C=O) groups excluding carboxylic acids is 3. The van der Waals surface area contributed by atoms with Gasteiger partial charge in [-0.15, -0.1) is 11.3 Å². The van der Waals surface area contributed by atoms with Crippen LogP contribution in [0.4, 0.5) is 0 Å². The van der Waals surface area contributed by atoms with E-state index in [9.17, 15) is 14.4 Å². The highest BCUT2D eigenvalue weighted by Gasteiger charge is 2.18. The fourth-order valence-corrected chi connectivity index (χ4v) is 2.13. The first-order valence-electron chi connectivity index (χ1n) is 5.32. The summed E-state index contributed by atoms with van der Waals surface area (Å²) in [5.74, 6) is -0.895. The second-order valence-electron chi connectivity index (χ2n) is 3.69. The largest absolute Gasteiger partial charge is 0.461 e. The summed E-state index contributed by atoms with van der Waals surface area (Å²) in [4.78, 5) is 35.3. The van der Waals surface area contributed by atoms with Gasteiger partial charge < -0.3 is 4.42 Å². The summed E-state index contributed by atoms with van der Waals surface area (Å²) in [6.07, 6.45) is 0.825. The molecule has 0 aromatic carbocycles. The van der Waals surface area contributed by atoms with Gasteiger partial charge in [0.15, 0.2) is 11.5 Å². The molecule has 92 valence electrons. The van der Waals surface area contributed by atoms with Gasteiger partial charge in [0.1, 0.15) is 5.78 Å². The van der Waals surface area contributed by atoms with Crippen molar-refractivity contribution < 1.29 is 18.8 Å². The van der Waals surface area contributed by atoms with Crippen molar-refractivity contribution in [2.24, 2.45) is 0 Å². The van der Waals surface area contributed by atoms with Gasteiger partial charge in [0.2, 0.25) is 5.78 Å². The average Bonchev–Trinajstić information content (AvgIpc) is 3.02. The summed E-state index contributed by atoms with van der Waals surface area (Å²) < 4.78 is 4.89. The Bertz CT molecular complexity index is 502. The lowest BCUT2D eigenvalue weighted by molar-refractivity contribution is -0.117. The first kappa shape index (κ1) is 12.4. The maximum atomic E-state index is 11.6. The van der Waals surface area contributed by atoms with Crippen LogP contribution in [0.3, 0.4) is 0 Å². The van der Waals surface area contributed by atoms with E-state index < -0.39 is 11.6 Å². The Labute approximate surface area is 107 Å². The van der Waals surface area contributed by atoms with Gasteiger partial charge in [-0.2, -0.15) is 0 Å². The maximum Gasteiger partial charge on any atom is 0.205 e. The zero-order valence-corrected chi connectivity index (χ0v) is 10.2. The van der Waals surface area contributed by atoms with Crippen molar-refractivity contribution in [1.82, 2.24) is 0 Å².